The topological polar surface area (TPSA) is 74.2 Å². The third-order valence-corrected chi connectivity index (χ3v) is 4.02. The van der Waals surface area contributed by atoms with Crippen molar-refractivity contribution in [3.63, 3.8) is 0 Å². The summed E-state index contributed by atoms with van der Waals surface area (Å²) in [5.41, 5.74) is 6.92. The van der Waals surface area contributed by atoms with Crippen molar-refractivity contribution in [3.05, 3.63) is 30.1 Å². The first-order valence-corrected chi connectivity index (χ1v) is 6.99. The first-order chi connectivity index (χ1) is 9.73. The number of methoxy groups -OCH3 is 1. The lowest BCUT2D eigenvalue weighted by Crippen LogP contribution is -2.32. The van der Waals surface area contributed by atoms with E-state index in [9.17, 15) is 0 Å². The molecule has 1 aliphatic carbocycles. The van der Waals surface area contributed by atoms with Gasteiger partial charge in [-0.3, -0.25) is 0 Å². The largest absolute Gasteiger partial charge is 0.399 e. The fraction of sp³-hybridized carbons (Fsp3) is 0.467. The second-order valence-corrected chi connectivity index (χ2v) is 5.31. The van der Waals surface area contributed by atoms with Gasteiger partial charge in [-0.15, -0.1) is 0 Å². The molecule has 0 aliphatic heterocycles. The maximum atomic E-state index is 5.78. The van der Waals surface area contributed by atoms with Crippen LogP contribution in [-0.2, 0) is 10.3 Å². The highest BCUT2D eigenvalue weighted by molar-refractivity contribution is 5.59. The van der Waals surface area contributed by atoms with E-state index >= 15 is 0 Å². The molecule has 0 spiro atoms. The second-order valence-electron chi connectivity index (χ2n) is 5.31. The van der Waals surface area contributed by atoms with Crippen molar-refractivity contribution in [1.29, 1.82) is 0 Å². The number of aromatic nitrogens is 2. The summed E-state index contributed by atoms with van der Waals surface area (Å²) in [5, 5.41) is 4.14. The van der Waals surface area contributed by atoms with Gasteiger partial charge in [0.1, 0.15) is 5.60 Å². The smallest absolute Gasteiger partial charge is 0.258 e. The number of hydrogen-bond acceptors (Lipinski definition) is 5. The highest BCUT2D eigenvalue weighted by Crippen LogP contribution is 2.39. The van der Waals surface area contributed by atoms with Crippen LogP contribution in [0.25, 0.3) is 11.5 Å². The molecule has 1 aromatic heterocycles. The molecule has 20 heavy (non-hydrogen) atoms. The molecule has 2 aromatic rings. The van der Waals surface area contributed by atoms with Crippen molar-refractivity contribution in [2.24, 2.45) is 0 Å². The van der Waals surface area contributed by atoms with Gasteiger partial charge in [0.15, 0.2) is 0 Å². The molecular formula is C15H19N3O2. The summed E-state index contributed by atoms with van der Waals surface area (Å²) in [6.07, 6.45) is 5.40. The number of nitrogen functional groups attached to an aromatic ring is 1. The monoisotopic (exact) mass is 273 g/mol. The Balaban J connectivity index is 1.93. The second kappa shape index (κ2) is 5.25. The molecule has 1 aliphatic rings. The van der Waals surface area contributed by atoms with E-state index in [1.165, 1.54) is 6.42 Å². The lowest BCUT2D eigenvalue weighted by atomic mass is 9.84. The predicted molar refractivity (Wildman–Crippen MR) is 75.9 cm³/mol. The maximum absolute atomic E-state index is 5.78. The molecule has 106 valence electrons. The number of ether oxygens (including phenoxy) is 1. The van der Waals surface area contributed by atoms with E-state index < -0.39 is 0 Å². The van der Waals surface area contributed by atoms with Crippen LogP contribution in [0.15, 0.2) is 28.8 Å². The Morgan fingerprint density at radius 3 is 2.75 bits per heavy atom. The average molecular weight is 273 g/mol. The Hall–Kier alpha value is -1.88. The van der Waals surface area contributed by atoms with Crippen molar-refractivity contribution < 1.29 is 9.26 Å². The SMILES string of the molecule is COC1(c2noc(-c3cccc(N)c3)n2)CCCCC1. The number of hydrogen-bond donors (Lipinski definition) is 1. The molecule has 1 aromatic carbocycles. The quantitative estimate of drug-likeness (QED) is 0.870. The average Bonchev–Trinajstić information content (AvgIpc) is 2.98. The molecule has 0 atom stereocenters. The number of rotatable bonds is 3. The van der Waals surface area contributed by atoms with Gasteiger partial charge in [-0.05, 0) is 31.0 Å². The predicted octanol–water partition coefficient (Wildman–Crippen LogP) is 3.12. The van der Waals surface area contributed by atoms with E-state index in [-0.39, 0.29) is 5.60 Å². The van der Waals surface area contributed by atoms with E-state index in [2.05, 4.69) is 10.1 Å². The number of anilines is 1. The normalized spacial score (nSPS) is 18.1. The summed E-state index contributed by atoms with van der Waals surface area (Å²) in [5.74, 6) is 1.14. The van der Waals surface area contributed by atoms with Crippen molar-refractivity contribution in [2.75, 3.05) is 12.8 Å². The zero-order valence-electron chi connectivity index (χ0n) is 11.6. The van der Waals surface area contributed by atoms with Crippen LogP contribution < -0.4 is 5.73 Å². The highest BCUT2D eigenvalue weighted by atomic mass is 16.5. The Morgan fingerprint density at radius 1 is 1.25 bits per heavy atom. The van der Waals surface area contributed by atoms with Crippen LogP contribution in [0.3, 0.4) is 0 Å². The van der Waals surface area contributed by atoms with Crippen molar-refractivity contribution in [3.8, 4) is 11.5 Å². The van der Waals surface area contributed by atoms with Crippen LogP contribution in [0.5, 0.6) is 0 Å². The van der Waals surface area contributed by atoms with Gasteiger partial charge >= 0.3 is 0 Å². The fourth-order valence-corrected chi connectivity index (χ4v) is 2.84. The molecule has 0 saturated heterocycles. The van der Waals surface area contributed by atoms with Crippen molar-refractivity contribution >= 4 is 5.69 Å². The van der Waals surface area contributed by atoms with Crippen molar-refractivity contribution in [1.82, 2.24) is 10.1 Å². The van der Waals surface area contributed by atoms with Gasteiger partial charge in [-0.1, -0.05) is 30.5 Å². The number of nitrogens with two attached hydrogens (primary N) is 1. The summed E-state index contributed by atoms with van der Waals surface area (Å²) in [6, 6.07) is 7.45. The van der Waals surface area contributed by atoms with Crippen LogP contribution >= 0.6 is 0 Å². The third kappa shape index (κ3) is 2.29. The first-order valence-electron chi connectivity index (χ1n) is 6.99. The summed E-state index contributed by atoms with van der Waals surface area (Å²) in [4.78, 5) is 4.53. The highest BCUT2D eigenvalue weighted by Gasteiger charge is 2.38. The molecule has 2 N–H and O–H groups in total. The standard InChI is InChI=1S/C15H19N3O2/c1-19-15(8-3-2-4-9-15)14-17-13(20-18-14)11-6-5-7-12(16)10-11/h5-7,10H,2-4,8-9,16H2,1H3. The van der Waals surface area contributed by atoms with Crippen molar-refractivity contribution in [2.45, 2.75) is 37.7 Å². The Labute approximate surface area is 118 Å². The first kappa shape index (κ1) is 13.1. The Kier molecular flexibility index (Phi) is 3.44. The summed E-state index contributed by atoms with van der Waals surface area (Å²) in [6.45, 7) is 0. The zero-order valence-corrected chi connectivity index (χ0v) is 11.6. The van der Waals surface area contributed by atoms with Crippen LogP contribution in [0.2, 0.25) is 0 Å². The zero-order chi connectivity index (χ0) is 14.0. The molecule has 1 saturated carbocycles. The maximum Gasteiger partial charge on any atom is 0.258 e. The Morgan fingerprint density at radius 2 is 2.05 bits per heavy atom. The molecule has 0 radical (unpaired) electrons. The van der Waals surface area contributed by atoms with E-state index in [0.29, 0.717) is 17.4 Å². The van der Waals surface area contributed by atoms with E-state index in [4.69, 9.17) is 15.0 Å². The number of nitrogens with zero attached hydrogens (tertiary/aromatic N) is 2. The van der Waals surface area contributed by atoms with Gasteiger partial charge in [-0.2, -0.15) is 4.98 Å². The van der Waals surface area contributed by atoms with Gasteiger partial charge in [0.2, 0.25) is 5.82 Å². The van der Waals surface area contributed by atoms with Crippen LogP contribution in [0, 0.1) is 0 Å². The Bertz CT molecular complexity index is 588. The van der Waals surface area contributed by atoms with Crippen LogP contribution in [-0.4, -0.2) is 17.3 Å². The molecular weight excluding hydrogens is 254 g/mol. The lowest BCUT2D eigenvalue weighted by Gasteiger charge is -2.32. The summed E-state index contributed by atoms with van der Waals surface area (Å²) < 4.78 is 11.1. The van der Waals surface area contributed by atoms with Crippen LogP contribution in [0.4, 0.5) is 5.69 Å². The van der Waals surface area contributed by atoms with Gasteiger partial charge in [0.05, 0.1) is 0 Å². The van der Waals surface area contributed by atoms with E-state index in [1.54, 1.807) is 7.11 Å². The van der Waals surface area contributed by atoms with E-state index in [0.717, 1.165) is 31.2 Å². The molecule has 0 unspecified atom stereocenters. The molecule has 0 amide bonds. The summed E-state index contributed by atoms with van der Waals surface area (Å²) >= 11 is 0. The minimum atomic E-state index is -0.389. The van der Waals surface area contributed by atoms with Gasteiger partial charge < -0.3 is 15.0 Å². The van der Waals surface area contributed by atoms with Gasteiger partial charge in [0.25, 0.3) is 5.89 Å². The minimum absolute atomic E-state index is 0.389. The molecule has 1 fully saturated rings. The van der Waals surface area contributed by atoms with E-state index in [1.807, 2.05) is 24.3 Å². The minimum Gasteiger partial charge on any atom is -0.399 e. The molecule has 5 heteroatoms. The molecule has 0 bridgehead atoms. The fourth-order valence-electron chi connectivity index (χ4n) is 2.84. The molecule has 3 rings (SSSR count). The van der Waals surface area contributed by atoms with Gasteiger partial charge in [0, 0.05) is 18.4 Å². The molecule has 5 nitrogen and oxygen atoms in total. The number of benzene rings is 1. The van der Waals surface area contributed by atoms with Crippen LogP contribution in [0.1, 0.15) is 37.9 Å². The lowest BCUT2D eigenvalue weighted by molar-refractivity contribution is -0.0527. The summed E-state index contributed by atoms with van der Waals surface area (Å²) in [7, 11) is 1.72. The van der Waals surface area contributed by atoms with Gasteiger partial charge in [-0.25, -0.2) is 0 Å². The third-order valence-electron chi connectivity index (χ3n) is 4.02. The molecule has 1 heterocycles.